The van der Waals surface area contributed by atoms with Gasteiger partial charge in [-0.2, -0.15) is 0 Å². The van der Waals surface area contributed by atoms with Gasteiger partial charge in [0.2, 0.25) is 0 Å². The Labute approximate surface area is 99.8 Å². The van der Waals surface area contributed by atoms with Gasteiger partial charge < -0.3 is 9.73 Å². The van der Waals surface area contributed by atoms with Gasteiger partial charge in [-0.3, -0.25) is 0 Å². The monoisotopic (exact) mass is 233 g/mol. The van der Waals surface area contributed by atoms with E-state index in [0.29, 0.717) is 23.6 Å². The molecule has 1 saturated carbocycles. The van der Waals surface area contributed by atoms with E-state index in [1.807, 2.05) is 0 Å². The lowest BCUT2D eigenvalue weighted by molar-refractivity contribution is 0.519. The van der Waals surface area contributed by atoms with Crippen molar-refractivity contribution in [3.63, 3.8) is 0 Å². The molecule has 1 aromatic heterocycles. The highest BCUT2D eigenvalue weighted by Crippen LogP contribution is 2.25. The molecule has 3 rings (SSSR count). The predicted octanol–water partition coefficient (Wildman–Crippen LogP) is 3.60. The highest BCUT2D eigenvalue weighted by atomic mass is 19.1. The number of hydrogen-bond donors (Lipinski definition) is 1. The summed E-state index contributed by atoms with van der Waals surface area (Å²) in [5, 5.41) is 4.10. The maximum Gasteiger partial charge on any atom is 0.137 e. The SMILES string of the molecule is Fc1cccc2occ(CNC3CCCC3)c12. The van der Waals surface area contributed by atoms with Crippen molar-refractivity contribution in [2.24, 2.45) is 0 Å². The van der Waals surface area contributed by atoms with Gasteiger partial charge in [-0.05, 0) is 25.0 Å². The third-order valence-electron chi connectivity index (χ3n) is 3.56. The second-order valence-electron chi connectivity index (χ2n) is 4.74. The van der Waals surface area contributed by atoms with E-state index in [2.05, 4.69) is 5.32 Å². The lowest BCUT2D eigenvalue weighted by atomic mass is 10.1. The zero-order chi connectivity index (χ0) is 11.7. The van der Waals surface area contributed by atoms with E-state index in [-0.39, 0.29) is 5.82 Å². The molecule has 0 atom stereocenters. The summed E-state index contributed by atoms with van der Waals surface area (Å²) < 4.78 is 19.1. The topological polar surface area (TPSA) is 25.2 Å². The van der Waals surface area contributed by atoms with Crippen LogP contribution >= 0.6 is 0 Å². The van der Waals surface area contributed by atoms with Crippen molar-refractivity contribution in [3.05, 3.63) is 35.8 Å². The lowest BCUT2D eigenvalue weighted by Gasteiger charge is -2.10. The largest absolute Gasteiger partial charge is 0.464 e. The van der Waals surface area contributed by atoms with Crippen LogP contribution in [0, 0.1) is 5.82 Å². The first-order valence-corrected chi connectivity index (χ1v) is 6.22. The van der Waals surface area contributed by atoms with Crippen molar-refractivity contribution < 1.29 is 8.81 Å². The van der Waals surface area contributed by atoms with Crippen molar-refractivity contribution >= 4 is 11.0 Å². The van der Waals surface area contributed by atoms with Gasteiger partial charge in [-0.25, -0.2) is 4.39 Å². The number of furan rings is 1. The lowest BCUT2D eigenvalue weighted by Crippen LogP contribution is -2.25. The number of rotatable bonds is 3. The quantitative estimate of drug-likeness (QED) is 0.876. The Balaban J connectivity index is 1.80. The number of halogens is 1. The van der Waals surface area contributed by atoms with Crippen LogP contribution in [0.25, 0.3) is 11.0 Å². The van der Waals surface area contributed by atoms with Crippen LogP contribution in [0.3, 0.4) is 0 Å². The Morgan fingerprint density at radius 1 is 1.29 bits per heavy atom. The molecule has 3 heteroatoms. The van der Waals surface area contributed by atoms with Crippen LogP contribution in [0.4, 0.5) is 4.39 Å². The van der Waals surface area contributed by atoms with E-state index >= 15 is 0 Å². The molecule has 2 nitrogen and oxygen atoms in total. The average molecular weight is 233 g/mol. The van der Waals surface area contributed by atoms with Gasteiger partial charge in [-0.1, -0.05) is 18.9 Å². The summed E-state index contributed by atoms with van der Waals surface area (Å²) in [6.45, 7) is 0.693. The Kier molecular flexibility index (Phi) is 2.85. The van der Waals surface area contributed by atoms with Crippen molar-refractivity contribution in [2.45, 2.75) is 38.3 Å². The minimum Gasteiger partial charge on any atom is -0.464 e. The van der Waals surface area contributed by atoms with Crippen LogP contribution < -0.4 is 5.32 Å². The molecule has 2 aromatic rings. The third kappa shape index (κ3) is 2.07. The number of benzene rings is 1. The molecule has 1 heterocycles. The number of fused-ring (bicyclic) bond motifs is 1. The number of hydrogen-bond acceptors (Lipinski definition) is 2. The van der Waals surface area contributed by atoms with Gasteiger partial charge >= 0.3 is 0 Å². The van der Waals surface area contributed by atoms with Gasteiger partial charge in [0, 0.05) is 18.2 Å². The first-order chi connectivity index (χ1) is 8.34. The molecule has 1 aromatic carbocycles. The van der Waals surface area contributed by atoms with Crippen LogP contribution in [-0.2, 0) is 6.54 Å². The second-order valence-corrected chi connectivity index (χ2v) is 4.74. The Bertz CT molecular complexity index is 514. The zero-order valence-corrected chi connectivity index (χ0v) is 9.71. The summed E-state index contributed by atoms with van der Waals surface area (Å²) in [5.74, 6) is -0.195. The molecule has 17 heavy (non-hydrogen) atoms. The molecule has 1 N–H and O–H groups in total. The summed E-state index contributed by atoms with van der Waals surface area (Å²) in [7, 11) is 0. The van der Waals surface area contributed by atoms with Crippen molar-refractivity contribution in [3.8, 4) is 0 Å². The van der Waals surface area contributed by atoms with Crippen molar-refractivity contribution in [1.82, 2.24) is 5.32 Å². The first-order valence-electron chi connectivity index (χ1n) is 6.22. The Morgan fingerprint density at radius 3 is 2.94 bits per heavy atom. The van der Waals surface area contributed by atoms with Gasteiger partial charge in [0.25, 0.3) is 0 Å². The molecule has 90 valence electrons. The third-order valence-corrected chi connectivity index (χ3v) is 3.56. The Hall–Kier alpha value is -1.35. The summed E-state index contributed by atoms with van der Waals surface area (Å²) in [4.78, 5) is 0. The zero-order valence-electron chi connectivity index (χ0n) is 9.71. The molecule has 0 radical (unpaired) electrons. The van der Waals surface area contributed by atoms with E-state index in [1.54, 1.807) is 18.4 Å². The fourth-order valence-electron chi connectivity index (χ4n) is 2.62. The molecular formula is C14H16FNO. The molecular weight excluding hydrogens is 217 g/mol. The molecule has 0 unspecified atom stereocenters. The standard InChI is InChI=1S/C14H16FNO/c15-12-6-3-7-13-14(12)10(9-17-13)8-16-11-4-1-2-5-11/h3,6-7,9,11,16H,1-2,4-5,8H2. The van der Waals surface area contributed by atoms with E-state index in [1.165, 1.54) is 31.7 Å². The van der Waals surface area contributed by atoms with Crippen LogP contribution in [0.2, 0.25) is 0 Å². The number of nitrogens with one attached hydrogen (secondary N) is 1. The first kappa shape index (κ1) is 10.8. The van der Waals surface area contributed by atoms with Gasteiger partial charge in [0.1, 0.15) is 11.4 Å². The minimum atomic E-state index is -0.195. The fourth-order valence-corrected chi connectivity index (χ4v) is 2.62. The minimum absolute atomic E-state index is 0.195. The molecule has 0 aliphatic heterocycles. The maximum atomic E-state index is 13.7. The van der Waals surface area contributed by atoms with Crippen molar-refractivity contribution in [2.75, 3.05) is 0 Å². The summed E-state index contributed by atoms with van der Waals surface area (Å²) in [6, 6.07) is 5.55. The maximum absolute atomic E-state index is 13.7. The van der Waals surface area contributed by atoms with Gasteiger partial charge in [0.05, 0.1) is 11.6 Å². The van der Waals surface area contributed by atoms with E-state index in [9.17, 15) is 4.39 Å². The molecule has 0 saturated heterocycles. The fraction of sp³-hybridized carbons (Fsp3) is 0.429. The summed E-state index contributed by atoms with van der Waals surface area (Å²) >= 11 is 0. The molecule has 0 amide bonds. The van der Waals surface area contributed by atoms with Gasteiger partial charge in [0.15, 0.2) is 0 Å². The van der Waals surface area contributed by atoms with Crippen LogP contribution in [-0.4, -0.2) is 6.04 Å². The van der Waals surface area contributed by atoms with Crippen LogP contribution in [0.1, 0.15) is 31.2 Å². The smallest absolute Gasteiger partial charge is 0.137 e. The van der Waals surface area contributed by atoms with Crippen LogP contribution in [0.5, 0.6) is 0 Å². The Morgan fingerprint density at radius 2 is 2.12 bits per heavy atom. The molecule has 1 aliphatic rings. The average Bonchev–Trinajstić information content (AvgIpc) is 2.95. The molecule has 0 spiro atoms. The highest BCUT2D eigenvalue weighted by Gasteiger charge is 2.16. The van der Waals surface area contributed by atoms with E-state index in [4.69, 9.17) is 4.42 Å². The predicted molar refractivity (Wildman–Crippen MR) is 65.3 cm³/mol. The normalized spacial score (nSPS) is 17.0. The van der Waals surface area contributed by atoms with Crippen molar-refractivity contribution in [1.29, 1.82) is 0 Å². The van der Waals surface area contributed by atoms with E-state index in [0.717, 1.165) is 5.56 Å². The second kappa shape index (κ2) is 4.49. The molecule has 0 bridgehead atoms. The summed E-state index contributed by atoms with van der Waals surface area (Å²) in [6.07, 6.45) is 6.74. The molecule has 1 fully saturated rings. The molecule has 1 aliphatic carbocycles. The highest BCUT2D eigenvalue weighted by molar-refractivity contribution is 5.81. The van der Waals surface area contributed by atoms with Gasteiger partial charge in [-0.15, -0.1) is 0 Å². The van der Waals surface area contributed by atoms with Crippen LogP contribution in [0.15, 0.2) is 28.9 Å². The van der Waals surface area contributed by atoms with E-state index < -0.39 is 0 Å². The summed E-state index contributed by atoms with van der Waals surface area (Å²) in [5.41, 5.74) is 1.55.